The van der Waals surface area contributed by atoms with Gasteiger partial charge in [0.25, 0.3) is 0 Å². The predicted molar refractivity (Wildman–Crippen MR) is 140 cm³/mol. The maximum atomic E-state index is 14.0. The lowest BCUT2D eigenvalue weighted by Crippen LogP contribution is -2.46. The summed E-state index contributed by atoms with van der Waals surface area (Å²) in [5.41, 5.74) is 1.56. The first-order valence-corrected chi connectivity index (χ1v) is 12.6. The van der Waals surface area contributed by atoms with Gasteiger partial charge in [-0.25, -0.2) is 4.90 Å². The SMILES string of the molecule is Cc1c(Cl)cccc1N1C(=O)[C@@H]2[C@@H](C1=O)[C@H]1c3ccccc3C=CN1[C@@H]2C(=O)Nc1cccc(C(F)(F)F)c1. The minimum atomic E-state index is -4.59. The molecule has 3 aromatic carbocycles. The van der Waals surface area contributed by atoms with Gasteiger partial charge >= 0.3 is 6.18 Å². The molecule has 0 saturated carbocycles. The number of rotatable bonds is 3. The Bertz CT molecular complexity index is 1570. The van der Waals surface area contributed by atoms with Crippen LogP contribution in [0, 0.1) is 18.8 Å². The van der Waals surface area contributed by atoms with Crippen LogP contribution in [0.5, 0.6) is 0 Å². The molecule has 0 radical (unpaired) electrons. The zero-order chi connectivity index (χ0) is 27.6. The summed E-state index contributed by atoms with van der Waals surface area (Å²) in [6.07, 6.45) is -1.12. The number of anilines is 2. The Morgan fingerprint density at radius 2 is 1.67 bits per heavy atom. The topological polar surface area (TPSA) is 69.7 Å². The quantitative estimate of drug-likeness (QED) is 0.416. The highest BCUT2D eigenvalue weighted by Crippen LogP contribution is 2.53. The van der Waals surface area contributed by atoms with Crippen LogP contribution >= 0.6 is 11.6 Å². The monoisotopic (exact) mass is 551 g/mol. The van der Waals surface area contributed by atoms with E-state index in [9.17, 15) is 27.6 Å². The Morgan fingerprint density at radius 3 is 2.44 bits per heavy atom. The molecule has 0 bridgehead atoms. The van der Waals surface area contributed by atoms with Gasteiger partial charge in [-0.3, -0.25) is 14.4 Å². The molecule has 0 aliphatic carbocycles. The van der Waals surface area contributed by atoms with Crippen molar-refractivity contribution in [2.45, 2.75) is 25.2 Å². The van der Waals surface area contributed by atoms with Gasteiger partial charge in [0.05, 0.1) is 29.1 Å². The average Bonchev–Trinajstić information content (AvgIpc) is 3.38. The summed E-state index contributed by atoms with van der Waals surface area (Å²) in [6.45, 7) is 1.70. The molecule has 6 nitrogen and oxygen atoms in total. The fourth-order valence-corrected chi connectivity index (χ4v) is 6.09. The van der Waals surface area contributed by atoms with Crippen molar-refractivity contribution in [3.8, 4) is 0 Å². The second-order valence-corrected chi connectivity index (χ2v) is 10.2. The molecule has 0 unspecified atom stereocenters. The molecule has 2 saturated heterocycles. The third-order valence-corrected chi connectivity index (χ3v) is 8.08. The van der Waals surface area contributed by atoms with Crippen LogP contribution in [-0.4, -0.2) is 28.7 Å². The van der Waals surface area contributed by atoms with Gasteiger partial charge < -0.3 is 10.2 Å². The van der Waals surface area contributed by atoms with E-state index in [-0.39, 0.29) is 5.69 Å². The maximum absolute atomic E-state index is 14.0. The highest BCUT2D eigenvalue weighted by Gasteiger charge is 2.64. The molecule has 3 aliphatic rings. The van der Waals surface area contributed by atoms with Crippen LogP contribution in [0.1, 0.15) is 28.3 Å². The van der Waals surface area contributed by atoms with Gasteiger partial charge in [0.15, 0.2) is 0 Å². The smallest absolute Gasteiger partial charge is 0.357 e. The first-order chi connectivity index (χ1) is 18.6. The van der Waals surface area contributed by atoms with Crippen LogP contribution in [0.4, 0.5) is 24.5 Å². The van der Waals surface area contributed by atoms with E-state index in [0.717, 1.165) is 28.2 Å². The number of benzene rings is 3. The number of hydrogen-bond acceptors (Lipinski definition) is 4. The minimum absolute atomic E-state index is 0.0597. The molecule has 3 aliphatic heterocycles. The standard InChI is InChI=1S/C29H21ClF3N3O3/c1-15-20(30)10-5-11-21(15)36-27(38)22-23(28(36)39)25(35-13-12-16-6-2-3-9-19(16)24(22)35)26(37)34-18-8-4-7-17(14-18)29(31,32)33/h2-14,22-25H,1H3,(H,34,37)/t22-,23-,24-,25+/m1/s1. The largest absolute Gasteiger partial charge is 0.416 e. The summed E-state index contributed by atoms with van der Waals surface area (Å²) >= 11 is 6.29. The zero-order valence-electron chi connectivity index (χ0n) is 20.4. The highest BCUT2D eigenvalue weighted by atomic mass is 35.5. The van der Waals surface area contributed by atoms with E-state index in [1.807, 2.05) is 24.3 Å². The summed E-state index contributed by atoms with van der Waals surface area (Å²) in [6, 6.07) is 14.9. The predicted octanol–water partition coefficient (Wildman–Crippen LogP) is 5.82. The highest BCUT2D eigenvalue weighted by molar-refractivity contribution is 6.32. The number of alkyl halides is 3. The van der Waals surface area contributed by atoms with Crippen molar-refractivity contribution in [3.63, 3.8) is 0 Å². The lowest BCUT2D eigenvalue weighted by molar-refractivity contribution is -0.137. The van der Waals surface area contributed by atoms with Crippen molar-refractivity contribution in [2.75, 3.05) is 10.2 Å². The molecule has 39 heavy (non-hydrogen) atoms. The fourth-order valence-electron chi connectivity index (χ4n) is 5.92. The van der Waals surface area contributed by atoms with E-state index in [2.05, 4.69) is 5.32 Å². The Morgan fingerprint density at radius 1 is 0.949 bits per heavy atom. The number of hydrogen-bond donors (Lipinski definition) is 1. The number of fused-ring (bicyclic) bond motifs is 5. The number of nitrogens with one attached hydrogen (secondary N) is 1. The van der Waals surface area contributed by atoms with E-state index in [1.165, 1.54) is 12.1 Å². The first kappa shape index (κ1) is 25.2. The molecule has 0 aromatic heterocycles. The summed E-state index contributed by atoms with van der Waals surface area (Å²) in [5, 5.41) is 2.94. The maximum Gasteiger partial charge on any atom is 0.416 e. The van der Waals surface area contributed by atoms with Crippen molar-refractivity contribution in [3.05, 3.63) is 100 Å². The number of carbonyl (C=O) groups is 3. The normalized spacial score (nSPS) is 23.5. The molecule has 6 rings (SSSR count). The average molecular weight is 552 g/mol. The van der Waals surface area contributed by atoms with Crippen LogP contribution in [-0.2, 0) is 20.6 Å². The van der Waals surface area contributed by atoms with Gasteiger partial charge in [0.1, 0.15) is 6.04 Å². The minimum Gasteiger partial charge on any atom is -0.357 e. The van der Waals surface area contributed by atoms with Gasteiger partial charge in [-0.05, 0) is 60.0 Å². The molecule has 3 aromatic rings. The van der Waals surface area contributed by atoms with Crippen LogP contribution in [0.15, 0.2) is 72.9 Å². The van der Waals surface area contributed by atoms with Crippen LogP contribution in [0.2, 0.25) is 5.02 Å². The van der Waals surface area contributed by atoms with E-state index in [0.29, 0.717) is 16.3 Å². The molecule has 3 heterocycles. The molecule has 3 amide bonds. The second-order valence-electron chi connectivity index (χ2n) is 9.80. The fraction of sp³-hybridized carbons (Fsp3) is 0.207. The van der Waals surface area contributed by atoms with Crippen molar-refractivity contribution in [1.82, 2.24) is 4.90 Å². The Kier molecular flexibility index (Phi) is 5.80. The summed E-state index contributed by atoms with van der Waals surface area (Å²) in [4.78, 5) is 44.4. The van der Waals surface area contributed by atoms with Crippen molar-refractivity contribution in [1.29, 1.82) is 0 Å². The molecule has 10 heteroatoms. The van der Waals surface area contributed by atoms with Gasteiger partial charge in [0, 0.05) is 16.9 Å². The Labute approximate surface area is 226 Å². The Hall–Kier alpha value is -4.11. The van der Waals surface area contributed by atoms with Gasteiger partial charge in [-0.1, -0.05) is 48.0 Å². The van der Waals surface area contributed by atoms with Gasteiger partial charge in [-0.2, -0.15) is 13.2 Å². The van der Waals surface area contributed by atoms with Crippen molar-refractivity contribution < 1.29 is 27.6 Å². The van der Waals surface area contributed by atoms with Crippen molar-refractivity contribution >= 4 is 46.8 Å². The first-order valence-electron chi connectivity index (χ1n) is 12.2. The molecule has 1 N–H and O–H groups in total. The van der Waals surface area contributed by atoms with Crippen LogP contribution in [0.25, 0.3) is 6.08 Å². The third kappa shape index (κ3) is 3.91. The third-order valence-electron chi connectivity index (χ3n) is 7.67. The summed E-state index contributed by atoms with van der Waals surface area (Å²) in [5.74, 6) is -3.65. The number of imide groups is 1. The molecule has 0 spiro atoms. The molecule has 4 atom stereocenters. The van der Waals surface area contributed by atoms with E-state index < -0.39 is 53.4 Å². The molecule has 198 valence electrons. The van der Waals surface area contributed by atoms with Crippen molar-refractivity contribution in [2.24, 2.45) is 11.8 Å². The summed E-state index contributed by atoms with van der Waals surface area (Å²) < 4.78 is 39.8. The van der Waals surface area contributed by atoms with E-state index in [4.69, 9.17) is 11.6 Å². The summed E-state index contributed by atoms with van der Waals surface area (Å²) in [7, 11) is 0. The van der Waals surface area contributed by atoms with Crippen LogP contribution < -0.4 is 10.2 Å². The molecular formula is C29H21ClF3N3O3. The van der Waals surface area contributed by atoms with E-state index >= 15 is 0 Å². The number of carbonyl (C=O) groups excluding carboxylic acids is 3. The number of amides is 3. The van der Waals surface area contributed by atoms with Gasteiger partial charge in [-0.15, -0.1) is 0 Å². The zero-order valence-corrected chi connectivity index (χ0v) is 21.2. The number of nitrogens with zero attached hydrogens (tertiary/aromatic N) is 2. The lowest BCUT2D eigenvalue weighted by Gasteiger charge is -2.35. The van der Waals surface area contributed by atoms with Gasteiger partial charge in [0.2, 0.25) is 17.7 Å². The second kappa shape index (κ2) is 8.98. The van der Waals surface area contributed by atoms with Crippen LogP contribution in [0.3, 0.4) is 0 Å². The lowest BCUT2D eigenvalue weighted by atomic mass is 9.84. The molecular weight excluding hydrogens is 531 g/mol. The number of halogens is 4. The Balaban J connectivity index is 1.43. The van der Waals surface area contributed by atoms with E-state index in [1.54, 1.807) is 42.3 Å². The molecule has 2 fully saturated rings.